The average Bonchev–Trinajstić information content (AvgIpc) is 3.01. The summed E-state index contributed by atoms with van der Waals surface area (Å²) >= 11 is 0. The van der Waals surface area contributed by atoms with Crippen LogP contribution in [-0.4, -0.2) is 53.6 Å². The quantitative estimate of drug-likeness (QED) is 0.805. The molecule has 0 radical (unpaired) electrons. The van der Waals surface area contributed by atoms with Gasteiger partial charge in [0.2, 0.25) is 10.0 Å². The summed E-state index contributed by atoms with van der Waals surface area (Å²) in [5.41, 5.74) is 2.30. The number of rotatable bonds is 2. The number of nitrogens with zero attached hydrogens (tertiary/aromatic N) is 4. The van der Waals surface area contributed by atoms with Crippen LogP contribution in [0, 0.1) is 0 Å². The van der Waals surface area contributed by atoms with Crippen LogP contribution in [0.4, 0.5) is 0 Å². The Morgan fingerprint density at radius 2 is 2.21 bits per heavy atom. The second-order valence-electron chi connectivity index (χ2n) is 6.43. The summed E-state index contributed by atoms with van der Waals surface area (Å²) in [6.45, 7) is 1.84. The molecule has 0 saturated carbocycles. The Morgan fingerprint density at radius 3 is 2.92 bits per heavy atom. The normalized spacial score (nSPS) is 24.2. The SMILES string of the molecule is CS(=O)(=O)N1CC[C@@]2(COCc3cnc(-c4cccnc4)nc32)C1. The van der Waals surface area contributed by atoms with Gasteiger partial charge in [-0.05, 0) is 18.6 Å². The molecule has 0 bridgehead atoms. The second-order valence-corrected chi connectivity index (χ2v) is 8.41. The third-order valence-corrected chi connectivity index (χ3v) is 5.96. The fourth-order valence-electron chi connectivity index (χ4n) is 3.46. The van der Waals surface area contributed by atoms with E-state index in [2.05, 4.69) is 9.97 Å². The molecule has 0 unspecified atom stereocenters. The Labute approximate surface area is 140 Å². The zero-order chi connectivity index (χ0) is 16.8. The molecule has 1 atom stereocenters. The molecule has 0 aromatic carbocycles. The van der Waals surface area contributed by atoms with Crippen LogP contribution in [-0.2, 0) is 26.8 Å². The summed E-state index contributed by atoms with van der Waals surface area (Å²) in [7, 11) is -3.22. The highest BCUT2D eigenvalue weighted by Gasteiger charge is 2.47. The van der Waals surface area contributed by atoms with Crippen LogP contribution in [0.3, 0.4) is 0 Å². The Morgan fingerprint density at radius 1 is 1.33 bits per heavy atom. The van der Waals surface area contributed by atoms with Crippen molar-refractivity contribution in [1.29, 1.82) is 0 Å². The maximum absolute atomic E-state index is 11.9. The first-order chi connectivity index (χ1) is 11.5. The molecule has 0 aliphatic carbocycles. The minimum atomic E-state index is -3.22. The molecule has 2 aromatic heterocycles. The van der Waals surface area contributed by atoms with Gasteiger partial charge in [-0.25, -0.2) is 22.7 Å². The first-order valence-corrected chi connectivity index (χ1v) is 9.62. The van der Waals surface area contributed by atoms with Crippen LogP contribution in [0.5, 0.6) is 0 Å². The van der Waals surface area contributed by atoms with Crippen LogP contribution >= 0.6 is 0 Å². The first-order valence-electron chi connectivity index (χ1n) is 7.78. The molecular weight excluding hydrogens is 328 g/mol. The summed E-state index contributed by atoms with van der Waals surface area (Å²) in [6, 6.07) is 3.76. The second kappa shape index (κ2) is 5.58. The number of fused-ring (bicyclic) bond motifs is 2. The van der Waals surface area contributed by atoms with Crippen molar-refractivity contribution in [2.45, 2.75) is 18.4 Å². The number of hydrogen-bond donors (Lipinski definition) is 0. The van der Waals surface area contributed by atoms with Crippen molar-refractivity contribution < 1.29 is 13.2 Å². The van der Waals surface area contributed by atoms with Gasteiger partial charge >= 0.3 is 0 Å². The minimum absolute atomic E-state index is 0.392. The van der Waals surface area contributed by atoms with E-state index in [1.165, 1.54) is 10.6 Å². The molecule has 8 heteroatoms. The van der Waals surface area contributed by atoms with Gasteiger partial charge in [-0.2, -0.15) is 0 Å². The van der Waals surface area contributed by atoms with Crippen molar-refractivity contribution in [3.8, 4) is 11.4 Å². The number of hydrogen-bond acceptors (Lipinski definition) is 6. The molecule has 126 valence electrons. The molecule has 0 N–H and O–H groups in total. The fraction of sp³-hybridized carbons (Fsp3) is 0.438. The van der Waals surface area contributed by atoms with Gasteiger partial charge in [0.05, 0.1) is 30.6 Å². The third-order valence-electron chi connectivity index (χ3n) is 4.71. The summed E-state index contributed by atoms with van der Waals surface area (Å²) in [4.78, 5) is 13.3. The van der Waals surface area contributed by atoms with E-state index in [4.69, 9.17) is 9.72 Å². The predicted octanol–water partition coefficient (Wildman–Crippen LogP) is 0.972. The molecular formula is C16H18N4O3S. The van der Waals surface area contributed by atoms with E-state index >= 15 is 0 Å². The molecule has 2 aliphatic rings. The Balaban J connectivity index is 1.77. The van der Waals surface area contributed by atoms with E-state index in [1.54, 1.807) is 18.6 Å². The van der Waals surface area contributed by atoms with Crippen LogP contribution in [0.25, 0.3) is 11.4 Å². The predicted molar refractivity (Wildman–Crippen MR) is 87.6 cm³/mol. The van der Waals surface area contributed by atoms with Gasteiger partial charge < -0.3 is 4.74 Å². The van der Waals surface area contributed by atoms with Crippen molar-refractivity contribution in [2.24, 2.45) is 0 Å². The summed E-state index contributed by atoms with van der Waals surface area (Å²) in [5, 5.41) is 0. The molecule has 1 spiro atoms. The zero-order valence-electron chi connectivity index (χ0n) is 13.3. The average molecular weight is 346 g/mol. The largest absolute Gasteiger partial charge is 0.376 e. The van der Waals surface area contributed by atoms with E-state index in [-0.39, 0.29) is 0 Å². The first kappa shape index (κ1) is 15.6. The molecule has 1 saturated heterocycles. The lowest BCUT2D eigenvalue weighted by Gasteiger charge is -2.34. The van der Waals surface area contributed by atoms with E-state index in [0.717, 1.165) is 16.8 Å². The van der Waals surface area contributed by atoms with Gasteiger partial charge in [-0.3, -0.25) is 4.98 Å². The Kier molecular flexibility index (Phi) is 3.63. The topological polar surface area (TPSA) is 85.3 Å². The van der Waals surface area contributed by atoms with Gasteiger partial charge in [-0.15, -0.1) is 0 Å². The van der Waals surface area contributed by atoms with Gasteiger partial charge in [0.15, 0.2) is 5.82 Å². The van der Waals surface area contributed by atoms with E-state index in [1.807, 2.05) is 12.1 Å². The van der Waals surface area contributed by atoms with Gasteiger partial charge in [0.25, 0.3) is 0 Å². The highest BCUT2D eigenvalue weighted by atomic mass is 32.2. The van der Waals surface area contributed by atoms with Crippen molar-refractivity contribution in [2.75, 3.05) is 26.0 Å². The highest BCUT2D eigenvalue weighted by molar-refractivity contribution is 7.88. The Hall–Kier alpha value is -1.90. The van der Waals surface area contributed by atoms with Crippen LogP contribution < -0.4 is 0 Å². The summed E-state index contributed by atoms with van der Waals surface area (Å²) < 4.78 is 31.0. The van der Waals surface area contributed by atoms with E-state index in [0.29, 0.717) is 38.5 Å². The lowest BCUT2D eigenvalue weighted by Crippen LogP contribution is -2.41. The summed E-state index contributed by atoms with van der Waals surface area (Å²) in [6.07, 6.45) is 7.17. The van der Waals surface area contributed by atoms with Crippen molar-refractivity contribution >= 4 is 10.0 Å². The maximum atomic E-state index is 11.9. The molecule has 0 amide bonds. The Bertz CT molecular complexity index is 872. The van der Waals surface area contributed by atoms with Gasteiger partial charge in [-0.1, -0.05) is 0 Å². The number of pyridine rings is 1. The zero-order valence-corrected chi connectivity index (χ0v) is 14.2. The number of ether oxygens (including phenoxy) is 1. The van der Waals surface area contributed by atoms with E-state index < -0.39 is 15.4 Å². The standard InChI is InChI=1S/C16H18N4O3S/c1-24(21,22)20-6-4-16(10-20)11-23-9-13-8-18-15(19-14(13)16)12-3-2-5-17-7-12/h2-3,5,7-8H,4,6,9-11H2,1H3/t16-/m0/s1. The number of aromatic nitrogens is 3. The van der Waals surface area contributed by atoms with Crippen LogP contribution in [0.15, 0.2) is 30.7 Å². The molecule has 7 nitrogen and oxygen atoms in total. The molecule has 1 fully saturated rings. The smallest absolute Gasteiger partial charge is 0.211 e. The lowest BCUT2D eigenvalue weighted by atomic mass is 9.80. The maximum Gasteiger partial charge on any atom is 0.211 e. The van der Waals surface area contributed by atoms with Crippen molar-refractivity contribution in [3.05, 3.63) is 42.0 Å². The molecule has 4 heterocycles. The molecule has 2 aliphatic heterocycles. The molecule has 2 aromatic rings. The van der Waals surface area contributed by atoms with Crippen LogP contribution in [0.1, 0.15) is 17.7 Å². The third kappa shape index (κ3) is 2.60. The molecule has 4 rings (SSSR count). The molecule has 24 heavy (non-hydrogen) atoms. The minimum Gasteiger partial charge on any atom is -0.376 e. The van der Waals surface area contributed by atoms with Crippen molar-refractivity contribution in [1.82, 2.24) is 19.3 Å². The van der Waals surface area contributed by atoms with Gasteiger partial charge in [0.1, 0.15) is 0 Å². The van der Waals surface area contributed by atoms with E-state index in [9.17, 15) is 8.42 Å². The number of sulfonamides is 1. The van der Waals surface area contributed by atoms with Crippen molar-refractivity contribution in [3.63, 3.8) is 0 Å². The van der Waals surface area contributed by atoms with Crippen LogP contribution in [0.2, 0.25) is 0 Å². The summed E-state index contributed by atoms with van der Waals surface area (Å²) in [5.74, 6) is 0.612. The highest BCUT2D eigenvalue weighted by Crippen LogP contribution is 2.40. The van der Waals surface area contributed by atoms with Gasteiger partial charge in [0, 0.05) is 42.8 Å². The fourth-order valence-corrected chi connectivity index (χ4v) is 4.36. The monoisotopic (exact) mass is 346 g/mol. The lowest BCUT2D eigenvalue weighted by molar-refractivity contribution is 0.0532.